The van der Waals surface area contributed by atoms with Crippen LogP contribution in [0.2, 0.25) is 0 Å². The minimum absolute atomic E-state index is 0.0729. The monoisotopic (exact) mass is 493 g/mol. The summed E-state index contributed by atoms with van der Waals surface area (Å²) < 4.78 is 19.8. The van der Waals surface area contributed by atoms with Crippen molar-refractivity contribution in [3.63, 3.8) is 0 Å². The number of hydrogen-bond acceptors (Lipinski definition) is 6. The van der Waals surface area contributed by atoms with E-state index in [1.54, 1.807) is 4.68 Å². The van der Waals surface area contributed by atoms with E-state index in [0.717, 1.165) is 48.6 Å². The van der Waals surface area contributed by atoms with Crippen molar-refractivity contribution in [2.24, 2.45) is 7.05 Å². The smallest absolute Gasteiger partial charge is 0.222 e. The summed E-state index contributed by atoms with van der Waals surface area (Å²) in [7, 11) is 1.91. The van der Waals surface area contributed by atoms with Crippen LogP contribution in [0.1, 0.15) is 37.8 Å². The zero-order valence-electron chi connectivity index (χ0n) is 21.9. The van der Waals surface area contributed by atoms with Crippen molar-refractivity contribution >= 4 is 0 Å². The maximum absolute atomic E-state index is 10.8. The molecule has 2 atom stereocenters. The van der Waals surface area contributed by atoms with Gasteiger partial charge in [0.1, 0.15) is 11.4 Å². The van der Waals surface area contributed by atoms with E-state index in [9.17, 15) is 5.11 Å². The molecule has 7 heteroatoms. The summed E-state index contributed by atoms with van der Waals surface area (Å²) in [5, 5.41) is 15.6. The SMILES string of the molecule is Cc1ccc(Oc2c(CN(CC(O)COC(C)C)CC3CCCO3)c(-c3ccccc3)nn2C)cc1. The van der Waals surface area contributed by atoms with Gasteiger partial charge in [-0.3, -0.25) is 4.90 Å². The molecule has 0 amide bonds. The summed E-state index contributed by atoms with van der Waals surface area (Å²) >= 11 is 0. The second-order valence-electron chi connectivity index (χ2n) is 9.90. The number of ether oxygens (including phenoxy) is 3. The number of aryl methyl sites for hydroxylation is 2. The zero-order valence-corrected chi connectivity index (χ0v) is 21.9. The molecule has 1 saturated heterocycles. The van der Waals surface area contributed by atoms with Crippen molar-refractivity contribution in [2.75, 3.05) is 26.3 Å². The average Bonchev–Trinajstić information content (AvgIpc) is 3.48. The third kappa shape index (κ3) is 7.17. The number of benzene rings is 2. The van der Waals surface area contributed by atoms with E-state index in [-0.39, 0.29) is 12.2 Å². The summed E-state index contributed by atoms with van der Waals surface area (Å²) in [6.45, 7) is 8.88. The zero-order chi connectivity index (χ0) is 25.5. The molecule has 36 heavy (non-hydrogen) atoms. The molecule has 1 aliphatic rings. The molecule has 2 unspecified atom stereocenters. The van der Waals surface area contributed by atoms with Gasteiger partial charge in [0.2, 0.25) is 5.88 Å². The molecular weight excluding hydrogens is 454 g/mol. The third-order valence-electron chi connectivity index (χ3n) is 6.33. The summed E-state index contributed by atoms with van der Waals surface area (Å²) in [6, 6.07) is 18.2. The highest BCUT2D eigenvalue weighted by Crippen LogP contribution is 2.34. The Morgan fingerprint density at radius 2 is 1.89 bits per heavy atom. The lowest BCUT2D eigenvalue weighted by Crippen LogP contribution is -2.39. The molecule has 0 aliphatic carbocycles. The number of nitrogens with zero attached hydrogens (tertiary/aromatic N) is 3. The molecule has 0 saturated carbocycles. The van der Waals surface area contributed by atoms with E-state index in [0.29, 0.717) is 25.6 Å². The minimum Gasteiger partial charge on any atom is -0.439 e. The largest absolute Gasteiger partial charge is 0.439 e. The van der Waals surface area contributed by atoms with Gasteiger partial charge in [0, 0.05) is 38.9 Å². The van der Waals surface area contributed by atoms with Crippen molar-refractivity contribution in [1.29, 1.82) is 0 Å². The highest BCUT2D eigenvalue weighted by molar-refractivity contribution is 5.65. The predicted molar refractivity (Wildman–Crippen MR) is 141 cm³/mol. The summed E-state index contributed by atoms with van der Waals surface area (Å²) in [6.07, 6.45) is 1.72. The molecule has 3 aromatic rings. The third-order valence-corrected chi connectivity index (χ3v) is 6.33. The number of rotatable bonds is 12. The molecule has 1 aliphatic heterocycles. The van der Waals surface area contributed by atoms with Crippen LogP contribution in [0, 0.1) is 6.92 Å². The lowest BCUT2D eigenvalue weighted by molar-refractivity contribution is -0.0172. The van der Waals surface area contributed by atoms with Gasteiger partial charge < -0.3 is 19.3 Å². The summed E-state index contributed by atoms with van der Waals surface area (Å²) in [4.78, 5) is 2.25. The number of hydrogen-bond donors (Lipinski definition) is 1. The number of aliphatic hydroxyl groups excluding tert-OH is 1. The Bertz CT molecular complexity index is 1080. The molecular formula is C29H39N3O4. The topological polar surface area (TPSA) is 69.0 Å². The van der Waals surface area contributed by atoms with Gasteiger partial charge in [0.25, 0.3) is 0 Å². The van der Waals surface area contributed by atoms with Crippen molar-refractivity contribution in [2.45, 2.75) is 58.5 Å². The van der Waals surface area contributed by atoms with Crippen molar-refractivity contribution in [1.82, 2.24) is 14.7 Å². The van der Waals surface area contributed by atoms with E-state index in [4.69, 9.17) is 19.3 Å². The van der Waals surface area contributed by atoms with Crippen LogP contribution in [-0.2, 0) is 23.1 Å². The Morgan fingerprint density at radius 3 is 2.56 bits per heavy atom. The summed E-state index contributed by atoms with van der Waals surface area (Å²) in [5.74, 6) is 1.46. The van der Waals surface area contributed by atoms with Crippen LogP contribution in [-0.4, -0.2) is 64.4 Å². The Kier molecular flexibility index (Phi) is 9.15. The minimum atomic E-state index is -0.605. The fourth-order valence-electron chi connectivity index (χ4n) is 4.53. The second-order valence-corrected chi connectivity index (χ2v) is 9.90. The molecule has 0 spiro atoms. The van der Waals surface area contributed by atoms with E-state index >= 15 is 0 Å². The standard InChI is InChI=1S/C29H39N3O4/c1-21(2)35-20-24(33)17-32(18-26-11-8-16-34-26)19-27-28(23-9-6-5-7-10-23)30-31(4)29(27)36-25-14-12-22(3)13-15-25/h5-7,9-10,12-15,21,24,26,33H,8,11,16-20H2,1-4H3. The Labute approximate surface area is 214 Å². The second kappa shape index (κ2) is 12.5. The van der Waals surface area contributed by atoms with E-state index in [2.05, 4.69) is 24.0 Å². The van der Waals surface area contributed by atoms with Crippen LogP contribution in [0.15, 0.2) is 54.6 Å². The first kappa shape index (κ1) is 26.4. The average molecular weight is 494 g/mol. The van der Waals surface area contributed by atoms with Gasteiger partial charge in [-0.1, -0.05) is 48.0 Å². The fraction of sp³-hybridized carbons (Fsp3) is 0.483. The molecule has 1 aromatic heterocycles. The molecule has 1 fully saturated rings. The molecule has 2 heterocycles. The van der Waals surface area contributed by atoms with Crippen LogP contribution in [0.5, 0.6) is 11.6 Å². The molecule has 4 rings (SSSR count). The normalized spacial score (nSPS) is 16.7. The lowest BCUT2D eigenvalue weighted by atomic mass is 10.1. The molecule has 2 aromatic carbocycles. The van der Waals surface area contributed by atoms with Crippen molar-refractivity contribution in [3.05, 3.63) is 65.7 Å². The molecule has 1 N–H and O–H groups in total. The van der Waals surface area contributed by atoms with Crippen LogP contribution in [0.3, 0.4) is 0 Å². The first-order valence-corrected chi connectivity index (χ1v) is 12.9. The van der Waals surface area contributed by atoms with Crippen LogP contribution in [0.4, 0.5) is 0 Å². The van der Waals surface area contributed by atoms with Gasteiger partial charge in [-0.05, 0) is 45.7 Å². The maximum Gasteiger partial charge on any atom is 0.222 e. The van der Waals surface area contributed by atoms with Crippen LogP contribution >= 0.6 is 0 Å². The van der Waals surface area contributed by atoms with Crippen molar-refractivity contribution in [3.8, 4) is 22.9 Å². The molecule has 7 nitrogen and oxygen atoms in total. The van der Waals surface area contributed by atoms with Gasteiger partial charge in [0.05, 0.1) is 30.5 Å². The highest BCUT2D eigenvalue weighted by atomic mass is 16.5. The maximum atomic E-state index is 10.8. The number of aliphatic hydroxyl groups is 1. The Balaban J connectivity index is 1.65. The first-order chi connectivity index (χ1) is 17.4. The quantitative estimate of drug-likeness (QED) is 0.385. The van der Waals surface area contributed by atoms with E-state index < -0.39 is 6.10 Å². The van der Waals surface area contributed by atoms with Gasteiger partial charge in [0.15, 0.2) is 0 Å². The lowest BCUT2D eigenvalue weighted by Gasteiger charge is -2.28. The molecule has 194 valence electrons. The predicted octanol–water partition coefficient (Wildman–Crippen LogP) is 4.95. The van der Waals surface area contributed by atoms with Gasteiger partial charge in [-0.2, -0.15) is 5.10 Å². The number of aromatic nitrogens is 2. The Morgan fingerprint density at radius 1 is 1.14 bits per heavy atom. The van der Waals surface area contributed by atoms with E-state index in [1.807, 2.05) is 63.4 Å². The molecule has 0 radical (unpaired) electrons. The van der Waals surface area contributed by atoms with Crippen molar-refractivity contribution < 1.29 is 19.3 Å². The van der Waals surface area contributed by atoms with Crippen LogP contribution < -0.4 is 4.74 Å². The first-order valence-electron chi connectivity index (χ1n) is 12.9. The summed E-state index contributed by atoms with van der Waals surface area (Å²) in [5.41, 5.74) is 4.07. The van der Waals surface area contributed by atoms with Crippen LogP contribution in [0.25, 0.3) is 11.3 Å². The molecule has 0 bridgehead atoms. The van der Waals surface area contributed by atoms with Gasteiger partial charge in [-0.25, -0.2) is 4.68 Å². The van der Waals surface area contributed by atoms with Gasteiger partial charge in [-0.15, -0.1) is 0 Å². The van der Waals surface area contributed by atoms with E-state index in [1.165, 1.54) is 5.56 Å². The Hall–Kier alpha value is -2.71. The highest BCUT2D eigenvalue weighted by Gasteiger charge is 2.26. The van der Waals surface area contributed by atoms with Gasteiger partial charge >= 0.3 is 0 Å². The fourth-order valence-corrected chi connectivity index (χ4v) is 4.53.